The molecule has 1 heterocycles. The van der Waals surface area contributed by atoms with Gasteiger partial charge in [0.15, 0.2) is 5.60 Å². The van der Waals surface area contributed by atoms with Crippen molar-refractivity contribution in [3.63, 3.8) is 0 Å². The van der Waals surface area contributed by atoms with Gasteiger partial charge in [0.25, 0.3) is 5.91 Å². The van der Waals surface area contributed by atoms with E-state index in [0.717, 1.165) is 4.47 Å². The third-order valence-electron chi connectivity index (χ3n) is 2.49. The van der Waals surface area contributed by atoms with E-state index in [9.17, 15) is 9.90 Å². The number of rotatable bonds is 2. The van der Waals surface area contributed by atoms with Crippen LogP contribution in [0.15, 0.2) is 35.3 Å². The molecule has 1 amide bonds. The van der Waals surface area contributed by atoms with E-state index in [1.165, 1.54) is 6.08 Å². The highest BCUT2D eigenvalue weighted by molar-refractivity contribution is 9.10. The SMILES string of the molecule is C=CC[C@@]1(O)C(=O)Nc2cccc(Br)c21. The number of nitrogens with one attached hydrogen (secondary N) is 1. The Morgan fingerprint density at radius 1 is 1.60 bits per heavy atom. The molecule has 1 aromatic rings. The summed E-state index contributed by atoms with van der Waals surface area (Å²) < 4.78 is 0.725. The van der Waals surface area contributed by atoms with Crippen molar-refractivity contribution < 1.29 is 9.90 Å². The Balaban J connectivity index is 2.62. The maximum Gasteiger partial charge on any atom is 0.261 e. The van der Waals surface area contributed by atoms with E-state index in [-0.39, 0.29) is 6.42 Å². The van der Waals surface area contributed by atoms with Crippen molar-refractivity contribution in [3.05, 3.63) is 40.9 Å². The highest BCUT2D eigenvalue weighted by Crippen LogP contribution is 2.42. The molecular weight excluding hydrogens is 258 g/mol. The van der Waals surface area contributed by atoms with Crippen LogP contribution in [0.3, 0.4) is 0 Å². The lowest BCUT2D eigenvalue weighted by Gasteiger charge is -2.19. The van der Waals surface area contributed by atoms with E-state index in [4.69, 9.17) is 0 Å². The Hall–Kier alpha value is -1.13. The molecule has 0 unspecified atom stereocenters. The highest BCUT2D eigenvalue weighted by Gasteiger charge is 2.45. The van der Waals surface area contributed by atoms with Gasteiger partial charge in [-0.1, -0.05) is 28.1 Å². The minimum Gasteiger partial charge on any atom is -0.375 e. The normalized spacial score (nSPS) is 23.5. The van der Waals surface area contributed by atoms with E-state index >= 15 is 0 Å². The summed E-state index contributed by atoms with van der Waals surface area (Å²) in [6, 6.07) is 5.37. The molecule has 78 valence electrons. The molecule has 0 saturated carbocycles. The predicted octanol–water partition coefficient (Wildman–Crippen LogP) is 2.16. The zero-order chi connectivity index (χ0) is 11.1. The fourth-order valence-electron chi connectivity index (χ4n) is 1.79. The van der Waals surface area contributed by atoms with Crippen molar-refractivity contribution in [1.29, 1.82) is 0 Å². The van der Waals surface area contributed by atoms with Crippen molar-refractivity contribution in [2.45, 2.75) is 12.0 Å². The molecule has 3 nitrogen and oxygen atoms in total. The smallest absolute Gasteiger partial charge is 0.261 e. The van der Waals surface area contributed by atoms with Gasteiger partial charge in [0.2, 0.25) is 0 Å². The van der Waals surface area contributed by atoms with Gasteiger partial charge in [0, 0.05) is 22.1 Å². The van der Waals surface area contributed by atoms with Crippen LogP contribution in [0.1, 0.15) is 12.0 Å². The lowest BCUT2D eigenvalue weighted by molar-refractivity contribution is -0.133. The first kappa shape index (κ1) is 10.4. The second-order valence-electron chi connectivity index (χ2n) is 3.47. The van der Waals surface area contributed by atoms with Gasteiger partial charge in [-0.05, 0) is 12.1 Å². The van der Waals surface area contributed by atoms with Gasteiger partial charge < -0.3 is 10.4 Å². The highest BCUT2D eigenvalue weighted by atomic mass is 79.9. The summed E-state index contributed by atoms with van der Waals surface area (Å²) in [5.41, 5.74) is -0.245. The quantitative estimate of drug-likeness (QED) is 0.807. The average molecular weight is 268 g/mol. The largest absolute Gasteiger partial charge is 0.375 e. The maximum atomic E-state index is 11.7. The summed E-state index contributed by atoms with van der Waals surface area (Å²) in [5, 5.41) is 12.9. The van der Waals surface area contributed by atoms with Crippen LogP contribution in [0.4, 0.5) is 5.69 Å². The van der Waals surface area contributed by atoms with Crippen LogP contribution in [-0.2, 0) is 10.4 Å². The number of benzene rings is 1. The Kier molecular flexibility index (Phi) is 2.40. The number of fused-ring (bicyclic) bond motifs is 1. The topological polar surface area (TPSA) is 49.3 Å². The molecule has 1 atom stereocenters. The monoisotopic (exact) mass is 267 g/mol. The number of carbonyl (C=O) groups excluding carboxylic acids is 1. The van der Waals surface area contributed by atoms with E-state index in [1.807, 2.05) is 6.07 Å². The standard InChI is InChI=1S/C11H10BrNO2/c1-2-6-11(15)9-7(12)4-3-5-8(9)13-10(11)14/h2-5,15H,1,6H2,(H,13,14)/t11-/m0/s1. The molecular formula is C11H10BrNO2. The summed E-state index contributed by atoms with van der Waals surface area (Å²) >= 11 is 3.33. The number of aliphatic hydroxyl groups is 1. The van der Waals surface area contributed by atoms with Crippen molar-refractivity contribution >= 4 is 27.5 Å². The van der Waals surface area contributed by atoms with Crippen LogP contribution < -0.4 is 5.32 Å². The summed E-state index contributed by atoms with van der Waals surface area (Å²) in [6.07, 6.45) is 1.74. The van der Waals surface area contributed by atoms with Crippen LogP contribution >= 0.6 is 15.9 Å². The van der Waals surface area contributed by atoms with Gasteiger partial charge >= 0.3 is 0 Å². The van der Waals surface area contributed by atoms with Crippen molar-refractivity contribution in [2.24, 2.45) is 0 Å². The number of anilines is 1. The molecule has 2 rings (SSSR count). The average Bonchev–Trinajstić information content (AvgIpc) is 2.41. The van der Waals surface area contributed by atoms with Gasteiger partial charge in [-0.3, -0.25) is 4.79 Å². The lowest BCUT2D eigenvalue weighted by atomic mass is 9.92. The maximum absolute atomic E-state index is 11.7. The zero-order valence-corrected chi connectivity index (χ0v) is 9.54. The van der Waals surface area contributed by atoms with Gasteiger partial charge in [-0.25, -0.2) is 0 Å². The Labute approximate surface area is 95.9 Å². The first-order valence-electron chi connectivity index (χ1n) is 4.53. The van der Waals surface area contributed by atoms with Gasteiger partial charge in [-0.2, -0.15) is 0 Å². The molecule has 15 heavy (non-hydrogen) atoms. The number of halogens is 1. The molecule has 0 fully saturated rings. The second kappa shape index (κ2) is 3.47. The van der Waals surface area contributed by atoms with Gasteiger partial charge in [0.1, 0.15) is 0 Å². The minimum absolute atomic E-state index is 0.203. The molecule has 1 aliphatic rings. The first-order chi connectivity index (χ1) is 7.09. The molecule has 0 radical (unpaired) electrons. The Bertz CT molecular complexity index is 444. The predicted molar refractivity (Wildman–Crippen MR) is 61.5 cm³/mol. The molecule has 4 heteroatoms. The van der Waals surface area contributed by atoms with Crippen molar-refractivity contribution in [2.75, 3.05) is 5.32 Å². The molecule has 0 spiro atoms. The molecule has 1 aromatic carbocycles. The Morgan fingerprint density at radius 2 is 2.33 bits per heavy atom. The molecule has 0 aromatic heterocycles. The number of hydrogen-bond donors (Lipinski definition) is 2. The van der Waals surface area contributed by atoms with Crippen LogP contribution in [0.25, 0.3) is 0 Å². The molecule has 0 bridgehead atoms. The van der Waals surface area contributed by atoms with E-state index in [0.29, 0.717) is 11.3 Å². The number of amides is 1. The summed E-state index contributed by atoms with van der Waals surface area (Å²) in [5.74, 6) is -0.399. The number of hydrogen-bond acceptors (Lipinski definition) is 2. The molecule has 1 aliphatic heterocycles. The second-order valence-corrected chi connectivity index (χ2v) is 4.32. The van der Waals surface area contributed by atoms with Crippen LogP contribution in [0.5, 0.6) is 0 Å². The summed E-state index contributed by atoms with van der Waals surface area (Å²) in [7, 11) is 0. The summed E-state index contributed by atoms with van der Waals surface area (Å²) in [6.45, 7) is 3.55. The fraction of sp³-hybridized carbons (Fsp3) is 0.182. The molecule has 0 aliphatic carbocycles. The van der Waals surface area contributed by atoms with Crippen LogP contribution in [-0.4, -0.2) is 11.0 Å². The lowest BCUT2D eigenvalue weighted by Crippen LogP contribution is -2.33. The van der Waals surface area contributed by atoms with Crippen LogP contribution in [0, 0.1) is 0 Å². The van der Waals surface area contributed by atoms with Crippen molar-refractivity contribution in [3.8, 4) is 0 Å². The van der Waals surface area contributed by atoms with E-state index < -0.39 is 11.5 Å². The minimum atomic E-state index is -1.49. The van der Waals surface area contributed by atoms with E-state index in [2.05, 4.69) is 27.8 Å². The van der Waals surface area contributed by atoms with Crippen molar-refractivity contribution in [1.82, 2.24) is 0 Å². The first-order valence-corrected chi connectivity index (χ1v) is 5.32. The third kappa shape index (κ3) is 1.41. The third-order valence-corrected chi connectivity index (χ3v) is 3.15. The zero-order valence-electron chi connectivity index (χ0n) is 7.96. The van der Waals surface area contributed by atoms with Gasteiger partial charge in [0.05, 0.1) is 0 Å². The summed E-state index contributed by atoms with van der Waals surface area (Å²) in [4.78, 5) is 11.7. The Morgan fingerprint density at radius 3 is 3.00 bits per heavy atom. The molecule has 0 saturated heterocycles. The molecule has 2 N–H and O–H groups in total. The van der Waals surface area contributed by atoms with E-state index in [1.54, 1.807) is 12.1 Å². The number of carbonyl (C=O) groups is 1. The fourth-order valence-corrected chi connectivity index (χ4v) is 2.49. The van der Waals surface area contributed by atoms with Gasteiger partial charge in [-0.15, -0.1) is 6.58 Å². The van der Waals surface area contributed by atoms with Crippen LogP contribution in [0.2, 0.25) is 0 Å².